The van der Waals surface area contributed by atoms with E-state index in [4.69, 9.17) is 35.9 Å². The van der Waals surface area contributed by atoms with Crippen LogP contribution in [0.15, 0.2) is 41.0 Å². The fourth-order valence-electron chi connectivity index (χ4n) is 7.27. The van der Waals surface area contributed by atoms with Crippen LogP contribution < -0.4 is 14.4 Å². The van der Waals surface area contributed by atoms with Crippen LogP contribution in [-0.2, 0) is 9.53 Å². The first-order valence-electron chi connectivity index (χ1n) is 18.7. The van der Waals surface area contributed by atoms with Crippen LogP contribution in [0.2, 0.25) is 0 Å². The Morgan fingerprint density at radius 1 is 1.04 bits per heavy atom. The molecule has 2 aliphatic rings. The van der Waals surface area contributed by atoms with E-state index in [9.17, 15) is 4.79 Å². The highest BCUT2D eigenvalue weighted by atomic mass is 32.1. The molecule has 2 atom stereocenters. The molecule has 0 N–H and O–H groups in total. The van der Waals surface area contributed by atoms with Crippen molar-refractivity contribution < 1.29 is 19.0 Å². The smallest absolute Gasteiger partial charge is 0.331 e. The van der Waals surface area contributed by atoms with Crippen molar-refractivity contribution >= 4 is 38.7 Å². The molecule has 3 heterocycles. The average molecular weight is 715 g/mol. The molecule has 1 aromatic carbocycles. The number of esters is 1. The molecule has 51 heavy (non-hydrogen) atoms. The summed E-state index contributed by atoms with van der Waals surface area (Å²) in [6, 6.07) is 9.58. The van der Waals surface area contributed by atoms with Gasteiger partial charge in [0.2, 0.25) is 5.70 Å². The van der Waals surface area contributed by atoms with Gasteiger partial charge < -0.3 is 19.1 Å². The van der Waals surface area contributed by atoms with Gasteiger partial charge in [-0.3, -0.25) is 0 Å². The van der Waals surface area contributed by atoms with E-state index in [0.29, 0.717) is 40.4 Å². The lowest BCUT2D eigenvalue weighted by molar-refractivity contribution is -0.150. The van der Waals surface area contributed by atoms with Crippen LogP contribution in [0.25, 0.3) is 21.8 Å². The number of aromatic nitrogens is 3. The van der Waals surface area contributed by atoms with Crippen molar-refractivity contribution in [3.63, 3.8) is 0 Å². The second kappa shape index (κ2) is 17.9. The van der Waals surface area contributed by atoms with Crippen molar-refractivity contribution in [1.82, 2.24) is 14.8 Å². The maximum absolute atomic E-state index is 14.1. The molecule has 1 fully saturated rings. The van der Waals surface area contributed by atoms with Gasteiger partial charge in [-0.25, -0.2) is 24.3 Å². The van der Waals surface area contributed by atoms with Crippen molar-refractivity contribution in [3.8, 4) is 22.9 Å². The SMILES string of the molecule is [C-]#[N+]C1=C(C(=O)OC2C(C)CC(C)CC2C)c2nc(-c3ccc(OCCCCCCCC)cc3OC)nn2/C1=N/c1ccc(N(C)CCCC)s1. The molecule has 2 unspecified atom stereocenters. The summed E-state index contributed by atoms with van der Waals surface area (Å²) < 4.78 is 19.6. The number of hydrogen-bond donors (Lipinski definition) is 0. The van der Waals surface area contributed by atoms with Crippen molar-refractivity contribution in [2.24, 2.45) is 22.7 Å². The van der Waals surface area contributed by atoms with E-state index in [-0.39, 0.29) is 40.9 Å². The molecular weight excluding hydrogens is 661 g/mol. The zero-order chi connectivity index (χ0) is 36.5. The molecule has 11 heteroatoms. The molecule has 1 aliphatic carbocycles. The molecule has 3 aromatic rings. The molecule has 1 saturated carbocycles. The Morgan fingerprint density at radius 2 is 1.76 bits per heavy atom. The van der Waals surface area contributed by atoms with E-state index in [1.54, 1.807) is 7.11 Å². The van der Waals surface area contributed by atoms with Crippen LogP contribution >= 0.6 is 11.3 Å². The highest BCUT2D eigenvalue weighted by molar-refractivity contribution is 7.19. The van der Waals surface area contributed by atoms with Gasteiger partial charge in [-0.2, -0.15) is 0 Å². The Labute approximate surface area is 307 Å². The first kappa shape index (κ1) is 38.1. The van der Waals surface area contributed by atoms with Crippen molar-refractivity contribution in [1.29, 1.82) is 0 Å². The minimum Gasteiger partial charge on any atom is -0.496 e. The number of thiophene rings is 1. The number of ether oxygens (including phenoxy) is 3. The Balaban J connectivity index is 1.48. The Hall–Kier alpha value is -4.17. The number of aliphatic imine (C=N–C) groups is 1. The maximum atomic E-state index is 14.1. The topological polar surface area (TPSA) is 95.4 Å². The van der Waals surface area contributed by atoms with Crippen LogP contribution in [0.1, 0.15) is 105 Å². The molecule has 0 amide bonds. The van der Waals surface area contributed by atoms with Gasteiger partial charge in [-0.1, -0.05) is 84.5 Å². The van der Waals surface area contributed by atoms with Crippen LogP contribution in [0.5, 0.6) is 11.5 Å². The van der Waals surface area contributed by atoms with Crippen molar-refractivity contribution in [3.05, 3.63) is 53.3 Å². The van der Waals surface area contributed by atoms with E-state index in [1.165, 1.54) is 41.7 Å². The maximum Gasteiger partial charge on any atom is 0.331 e. The number of carbonyl (C=O) groups excluding carboxylic acids is 1. The minimum absolute atomic E-state index is 0.0886. The minimum atomic E-state index is -0.568. The molecule has 5 rings (SSSR count). The number of benzene rings is 1. The molecular formula is C40H54N6O4S. The Bertz CT molecular complexity index is 1740. The summed E-state index contributed by atoms with van der Waals surface area (Å²) in [5.41, 5.74) is 0.822. The number of fused-ring (bicyclic) bond motifs is 1. The monoisotopic (exact) mass is 714 g/mol. The number of allylic oxidation sites excluding steroid dienone is 1. The van der Waals surface area contributed by atoms with Gasteiger partial charge in [-0.15, -0.1) is 5.10 Å². The van der Waals surface area contributed by atoms with Crippen molar-refractivity contribution in [2.45, 2.75) is 105 Å². The van der Waals surface area contributed by atoms with E-state index in [2.05, 4.69) is 51.4 Å². The molecule has 0 radical (unpaired) electrons. The standard InChI is InChI=1S/C40H54N6O4S/c1-9-11-13-14-15-16-22-49-29-17-18-30(31(25-29)48-8)37-43-38-34(40(47)50-36-27(4)23-26(3)24-28(36)5)35(41-6)39(46(38)44-37)42-32-19-20-33(51-32)45(7)21-12-10-2/h17-20,25-28,36H,9-16,21-24H2,1-5,7-8H3/b42-39+. The fraction of sp³-hybridized carbons (Fsp3) is 0.575. The number of anilines is 1. The molecule has 10 nitrogen and oxygen atoms in total. The van der Waals surface area contributed by atoms with Gasteiger partial charge in [0.25, 0.3) is 0 Å². The Morgan fingerprint density at radius 3 is 2.47 bits per heavy atom. The largest absolute Gasteiger partial charge is 0.496 e. The van der Waals surface area contributed by atoms with E-state index < -0.39 is 5.97 Å². The summed E-state index contributed by atoms with van der Waals surface area (Å²) in [5, 5.41) is 6.62. The third-order valence-corrected chi connectivity index (χ3v) is 11.0. The van der Waals surface area contributed by atoms with Gasteiger partial charge in [0.05, 0.1) is 30.9 Å². The number of methoxy groups -OCH3 is 1. The normalized spacial score (nSPS) is 20.7. The predicted octanol–water partition coefficient (Wildman–Crippen LogP) is 9.83. The first-order chi connectivity index (χ1) is 24.7. The zero-order valence-electron chi connectivity index (χ0n) is 31.4. The lowest BCUT2D eigenvalue weighted by atomic mass is 9.75. The number of nitrogens with zero attached hydrogens (tertiary/aromatic N) is 6. The molecule has 0 saturated heterocycles. The van der Waals surface area contributed by atoms with Gasteiger partial charge in [-0.05, 0) is 67.7 Å². The van der Waals surface area contributed by atoms with E-state index in [0.717, 1.165) is 50.1 Å². The zero-order valence-corrected chi connectivity index (χ0v) is 32.2. The number of unbranched alkanes of at least 4 members (excludes halogenated alkanes) is 6. The molecule has 0 spiro atoms. The van der Waals surface area contributed by atoms with Gasteiger partial charge in [0.15, 0.2) is 17.5 Å². The molecule has 1 aliphatic heterocycles. The van der Waals surface area contributed by atoms with Crippen LogP contribution in [0.3, 0.4) is 0 Å². The lowest BCUT2D eigenvalue weighted by Crippen LogP contribution is -2.37. The quantitative estimate of drug-likeness (QED) is 0.0780. The summed E-state index contributed by atoms with van der Waals surface area (Å²) in [6.07, 6.45) is 11.1. The highest BCUT2D eigenvalue weighted by Gasteiger charge is 2.41. The highest BCUT2D eigenvalue weighted by Crippen LogP contribution is 2.40. The van der Waals surface area contributed by atoms with Gasteiger partial charge >= 0.3 is 5.97 Å². The summed E-state index contributed by atoms with van der Waals surface area (Å²) in [7, 11) is 3.67. The third-order valence-electron chi connectivity index (χ3n) is 9.91. The summed E-state index contributed by atoms with van der Waals surface area (Å²) in [4.78, 5) is 29.9. The second-order valence-electron chi connectivity index (χ2n) is 14.2. The van der Waals surface area contributed by atoms with Gasteiger partial charge in [0, 0.05) is 19.7 Å². The lowest BCUT2D eigenvalue weighted by Gasteiger charge is -2.37. The predicted molar refractivity (Wildman–Crippen MR) is 206 cm³/mol. The van der Waals surface area contributed by atoms with Crippen LogP contribution in [-0.4, -0.2) is 60.0 Å². The third kappa shape index (κ3) is 9.01. The van der Waals surface area contributed by atoms with E-state index >= 15 is 0 Å². The first-order valence-corrected chi connectivity index (χ1v) is 19.5. The number of carbonyl (C=O) groups is 1. The molecule has 2 aromatic heterocycles. The molecule has 274 valence electrons. The number of rotatable bonds is 17. The van der Waals surface area contributed by atoms with Gasteiger partial charge in [0.1, 0.15) is 28.2 Å². The van der Waals surface area contributed by atoms with Crippen molar-refractivity contribution in [2.75, 3.05) is 32.2 Å². The summed E-state index contributed by atoms with van der Waals surface area (Å²) in [5.74, 6) is 2.51. The Kier molecular flexibility index (Phi) is 13.3. The summed E-state index contributed by atoms with van der Waals surface area (Å²) in [6.45, 7) is 20.7. The fourth-order valence-corrected chi connectivity index (χ4v) is 8.13. The van der Waals surface area contributed by atoms with E-state index in [1.807, 2.05) is 30.3 Å². The molecule has 0 bridgehead atoms. The second-order valence-corrected chi connectivity index (χ2v) is 15.2. The average Bonchev–Trinajstić information content (AvgIpc) is 3.83. The van der Waals surface area contributed by atoms with Crippen LogP contribution in [0.4, 0.5) is 10.0 Å². The van der Waals surface area contributed by atoms with Crippen LogP contribution in [0, 0.1) is 24.3 Å². The summed E-state index contributed by atoms with van der Waals surface area (Å²) >= 11 is 1.53. The number of hydrogen-bond acceptors (Lipinski definition) is 9.